The fraction of sp³-hybridized carbons (Fsp3) is 0.167. The average molecular weight is 263 g/mol. The van der Waals surface area contributed by atoms with Gasteiger partial charge >= 0.3 is 5.97 Å². The van der Waals surface area contributed by atoms with Crippen molar-refractivity contribution in [3.05, 3.63) is 34.3 Å². The minimum atomic E-state index is -1.02. The van der Waals surface area contributed by atoms with E-state index in [1.807, 2.05) is 13.8 Å². The molecule has 0 unspecified atom stereocenters. The molecule has 6 heteroatoms. The zero-order chi connectivity index (χ0) is 13.3. The van der Waals surface area contributed by atoms with Crippen LogP contribution in [0.2, 0.25) is 0 Å². The summed E-state index contributed by atoms with van der Waals surface area (Å²) >= 11 is 1.47. The Morgan fingerprint density at radius 3 is 2.72 bits per heavy atom. The summed E-state index contributed by atoms with van der Waals surface area (Å²) in [6.07, 6.45) is 0. The first-order valence-corrected chi connectivity index (χ1v) is 6.13. The lowest BCUT2D eigenvalue weighted by Gasteiger charge is -2.09. The van der Waals surface area contributed by atoms with Gasteiger partial charge in [-0.1, -0.05) is 6.07 Å². The Morgan fingerprint density at radius 1 is 1.44 bits per heavy atom. The average Bonchev–Trinajstić information content (AvgIpc) is 2.60. The summed E-state index contributed by atoms with van der Waals surface area (Å²) in [6.45, 7) is 3.87. The molecule has 0 aliphatic carbocycles. The third kappa shape index (κ3) is 2.28. The van der Waals surface area contributed by atoms with Crippen LogP contribution in [0, 0.1) is 13.8 Å². The van der Waals surface area contributed by atoms with Gasteiger partial charge in [-0.15, -0.1) is 11.3 Å². The molecule has 0 saturated heterocycles. The van der Waals surface area contributed by atoms with Crippen molar-refractivity contribution in [1.82, 2.24) is 4.98 Å². The molecular weight excluding hydrogens is 250 g/mol. The highest BCUT2D eigenvalue weighted by Crippen LogP contribution is 2.30. The number of para-hydroxylation sites is 1. The van der Waals surface area contributed by atoms with Crippen molar-refractivity contribution in [2.75, 3.05) is 11.1 Å². The molecule has 2 aromatic rings. The third-order valence-corrected chi connectivity index (χ3v) is 3.58. The standard InChI is InChI=1S/C12H13N3O2S/c1-6-7(2)18-12(14-6)15-10-8(11(16)17)4-3-5-9(10)13/h3-5H,13H2,1-2H3,(H,14,15)(H,16,17). The van der Waals surface area contributed by atoms with E-state index in [4.69, 9.17) is 10.8 Å². The first-order chi connectivity index (χ1) is 8.49. The highest BCUT2D eigenvalue weighted by molar-refractivity contribution is 7.15. The number of hydrogen-bond donors (Lipinski definition) is 3. The highest BCUT2D eigenvalue weighted by Gasteiger charge is 2.14. The topological polar surface area (TPSA) is 88.2 Å². The smallest absolute Gasteiger partial charge is 0.337 e. The van der Waals surface area contributed by atoms with E-state index < -0.39 is 5.97 Å². The number of rotatable bonds is 3. The number of carboxylic acid groups (broad SMARTS) is 1. The minimum absolute atomic E-state index is 0.139. The number of nitrogen functional groups attached to an aromatic ring is 1. The lowest BCUT2D eigenvalue weighted by atomic mass is 10.1. The van der Waals surface area contributed by atoms with E-state index in [9.17, 15) is 4.79 Å². The van der Waals surface area contributed by atoms with Crippen molar-refractivity contribution in [3.8, 4) is 0 Å². The lowest BCUT2D eigenvalue weighted by molar-refractivity contribution is 0.0698. The number of nitrogens with one attached hydrogen (secondary N) is 1. The van der Waals surface area contributed by atoms with Gasteiger partial charge in [-0.25, -0.2) is 9.78 Å². The van der Waals surface area contributed by atoms with Gasteiger partial charge in [0.25, 0.3) is 0 Å². The van der Waals surface area contributed by atoms with Crippen LogP contribution in [0.3, 0.4) is 0 Å². The SMILES string of the molecule is Cc1nc(Nc2c(N)cccc2C(=O)O)sc1C. The van der Waals surface area contributed by atoms with Crippen LogP contribution in [0.15, 0.2) is 18.2 Å². The molecule has 0 aliphatic rings. The molecule has 1 aromatic carbocycles. The molecule has 0 radical (unpaired) electrons. The summed E-state index contributed by atoms with van der Waals surface area (Å²) < 4.78 is 0. The van der Waals surface area contributed by atoms with Crippen molar-refractivity contribution >= 4 is 33.8 Å². The molecule has 0 spiro atoms. The molecule has 0 amide bonds. The Balaban J connectivity index is 2.42. The van der Waals surface area contributed by atoms with E-state index in [0.29, 0.717) is 16.5 Å². The van der Waals surface area contributed by atoms with Gasteiger partial charge in [0.1, 0.15) is 0 Å². The maximum Gasteiger partial charge on any atom is 0.337 e. The first-order valence-electron chi connectivity index (χ1n) is 5.32. The molecule has 2 rings (SSSR count). The van der Waals surface area contributed by atoms with E-state index in [1.165, 1.54) is 17.4 Å². The number of anilines is 3. The number of thiazole rings is 1. The Morgan fingerprint density at radius 2 is 2.17 bits per heavy atom. The van der Waals surface area contributed by atoms with Gasteiger partial charge in [-0.05, 0) is 26.0 Å². The highest BCUT2D eigenvalue weighted by atomic mass is 32.1. The number of benzene rings is 1. The number of nitrogens with zero attached hydrogens (tertiary/aromatic N) is 1. The molecule has 0 atom stereocenters. The first kappa shape index (κ1) is 12.4. The summed E-state index contributed by atoms with van der Waals surface area (Å²) in [5.41, 5.74) is 7.64. The summed E-state index contributed by atoms with van der Waals surface area (Å²) in [7, 11) is 0. The Bertz CT molecular complexity index is 588. The zero-order valence-electron chi connectivity index (χ0n) is 10.0. The maximum absolute atomic E-state index is 11.1. The predicted molar refractivity (Wildman–Crippen MR) is 72.7 cm³/mol. The van der Waals surface area contributed by atoms with E-state index >= 15 is 0 Å². The summed E-state index contributed by atoms with van der Waals surface area (Å²) in [5.74, 6) is -1.02. The van der Waals surface area contributed by atoms with Crippen LogP contribution in [0.5, 0.6) is 0 Å². The van der Waals surface area contributed by atoms with Crippen molar-refractivity contribution in [2.45, 2.75) is 13.8 Å². The van der Waals surface area contributed by atoms with E-state index in [-0.39, 0.29) is 5.56 Å². The van der Waals surface area contributed by atoms with Gasteiger partial charge in [0.15, 0.2) is 5.13 Å². The Kier molecular flexibility index (Phi) is 3.20. The number of aromatic nitrogens is 1. The quantitative estimate of drug-likeness (QED) is 0.741. The van der Waals surface area contributed by atoms with E-state index in [0.717, 1.165) is 10.6 Å². The number of aryl methyl sites for hydroxylation is 2. The summed E-state index contributed by atoms with van der Waals surface area (Å²) in [5, 5.41) is 12.7. The van der Waals surface area contributed by atoms with Crippen molar-refractivity contribution in [2.24, 2.45) is 0 Å². The van der Waals surface area contributed by atoms with Crippen LogP contribution < -0.4 is 11.1 Å². The van der Waals surface area contributed by atoms with Gasteiger partial charge in [0.2, 0.25) is 0 Å². The fourth-order valence-electron chi connectivity index (χ4n) is 1.52. The monoisotopic (exact) mass is 263 g/mol. The molecule has 94 valence electrons. The van der Waals surface area contributed by atoms with Gasteiger partial charge in [0.05, 0.1) is 22.6 Å². The number of carboxylic acids is 1. The molecule has 5 nitrogen and oxygen atoms in total. The summed E-state index contributed by atoms with van der Waals surface area (Å²) in [6, 6.07) is 4.78. The molecule has 0 saturated carbocycles. The van der Waals surface area contributed by atoms with E-state index in [2.05, 4.69) is 10.3 Å². The number of aromatic carboxylic acids is 1. The Hall–Kier alpha value is -2.08. The maximum atomic E-state index is 11.1. The van der Waals surface area contributed by atoms with Crippen molar-refractivity contribution in [1.29, 1.82) is 0 Å². The molecular formula is C12H13N3O2S. The third-order valence-electron chi connectivity index (χ3n) is 2.59. The molecule has 18 heavy (non-hydrogen) atoms. The van der Waals surface area contributed by atoms with Crippen LogP contribution in [-0.2, 0) is 0 Å². The van der Waals surface area contributed by atoms with Crippen LogP contribution in [-0.4, -0.2) is 16.1 Å². The van der Waals surface area contributed by atoms with Gasteiger partial charge in [-0.2, -0.15) is 0 Å². The van der Waals surface area contributed by atoms with Crippen LogP contribution in [0.1, 0.15) is 20.9 Å². The van der Waals surface area contributed by atoms with Crippen LogP contribution >= 0.6 is 11.3 Å². The zero-order valence-corrected chi connectivity index (χ0v) is 10.8. The van der Waals surface area contributed by atoms with Crippen molar-refractivity contribution in [3.63, 3.8) is 0 Å². The van der Waals surface area contributed by atoms with Crippen LogP contribution in [0.4, 0.5) is 16.5 Å². The molecule has 1 aromatic heterocycles. The van der Waals surface area contributed by atoms with Gasteiger partial charge in [0, 0.05) is 4.88 Å². The van der Waals surface area contributed by atoms with Crippen LogP contribution in [0.25, 0.3) is 0 Å². The van der Waals surface area contributed by atoms with Crippen molar-refractivity contribution < 1.29 is 9.90 Å². The lowest BCUT2D eigenvalue weighted by Crippen LogP contribution is -2.05. The molecule has 1 heterocycles. The second kappa shape index (κ2) is 4.66. The van der Waals surface area contributed by atoms with Gasteiger partial charge < -0.3 is 16.2 Å². The largest absolute Gasteiger partial charge is 0.478 e. The normalized spacial score (nSPS) is 10.3. The summed E-state index contributed by atoms with van der Waals surface area (Å²) in [4.78, 5) is 16.5. The fourth-order valence-corrected chi connectivity index (χ4v) is 2.34. The molecule has 4 N–H and O–H groups in total. The molecule has 0 fully saturated rings. The van der Waals surface area contributed by atoms with E-state index in [1.54, 1.807) is 12.1 Å². The molecule has 0 aliphatic heterocycles. The predicted octanol–water partition coefficient (Wildman–Crippen LogP) is 2.78. The Labute approximate surface area is 108 Å². The second-order valence-electron chi connectivity index (χ2n) is 3.86. The van der Waals surface area contributed by atoms with Gasteiger partial charge in [-0.3, -0.25) is 0 Å². The number of hydrogen-bond acceptors (Lipinski definition) is 5. The number of nitrogens with two attached hydrogens (primary N) is 1. The molecule has 0 bridgehead atoms. The minimum Gasteiger partial charge on any atom is -0.478 e. The number of carbonyl (C=O) groups is 1. The second-order valence-corrected chi connectivity index (χ2v) is 5.06.